The number of hydrogen-bond acceptors (Lipinski definition) is 1. The molecule has 1 heteroatoms. The van der Waals surface area contributed by atoms with E-state index in [0.717, 1.165) is 12.7 Å². The molecule has 0 N–H and O–H groups in total. The van der Waals surface area contributed by atoms with Gasteiger partial charge >= 0.3 is 0 Å². The molecule has 0 fully saturated rings. The van der Waals surface area contributed by atoms with Crippen LogP contribution in [-0.4, -0.2) is 6.29 Å². The van der Waals surface area contributed by atoms with Crippen molar-refractivity contribution in [2.45, 2.75) is 27.2 Å². The number of carbonyl (C=O) groups is 1. The second-order valence-corrected chi connectivity index (χ2v) is 3.31. The summed E-state index contributed by atoms with van der Waals surface area (Å²) < 4.78 is 0. The fourth-order valence-electron chi connectivity index (χ4n) is 0.604. The third kappa shape index (κ3) is 3.76. The van der Waals surface area contributed by atoms with Crippen LogP contribution in [0.4, 0.5) is 0 Å². The van der Waals surface area contributed by atoms with E-state index in [2.05, 4.69) is 12.7 Å². The summed E-state index contributed by atoms with van der Waals surface area (Å²) in [5, 5.41) is 0. The summed E-state index contributed by atoms with van der Waals surface area (Å²) in [6.45, 7) is 9.55. The molecule has 0 heterocycles. The van der Waals surface area contributed by atoms with Crippen molar-refractivity contribution in [2.24, 2.45) is 5.41 Å². The molecule has 11 heavy (non-hydrogen) atoms. The van der Waals surface area contributed by atoms with Gasteiger partial charge in [-0.05, 0) is 27.2 Å². The van der Waals surface area contributed by atoms with Crippen LogP contribution in [0, 0.1) is 5.41 Å². The summed E-state index contributed by atoms with van der Waals surface area (Å²) in [5.41, 5.74) is 0.858. The van der Waals surface area contributed by atoms with E-state index in [1.54, 1.807) is 6.08 Å². The van der Waals surface area contributed by atoms with Crippen molar-refractivity contribution in [3.8, 4) is 0 Å². The number of carbonyl (C=O) groups excluding carboxylic acids is 1. The molecule has 0 spiro atoms. The molecule has 0 aromatic heterocycles. The predicted octanol–water partition coefficient (Wildman–Crippen LogP) is 2.73. The summed E-state index contributed by atoms with van der Waals surface area (Å²) in [6, 6.07) is 0. The maximum Gasteiger partial charge on any atom is 0.129 e. The van der Waals surface area contributed by atoms with Crippen molar-refractivity contribution in [2.75, 3.05) is 0 Å². The van der Waals surface area contributed by atoms with Gasteiger partial charge < -0.3 is 4.79 Å². The van der Waals surface area contributed by atoms with Crippen molar-refractivity contribution < 1.29 is 4.79 Å². The van der Waals surface area contributed by atoms with E-state index < -0.39 is 0 Å². The number of rotatable bonds is 4. The first-order valence-corrected chi connectivity index (χ1v) is 3.77. The standard InChI is InChI=1S/C10H16O/c1-5-10(4,8-11)7-6-9(2)3/h5-6,8H,1,7H2,2-4H3/t10-/m1/s1. The monoisotopic (exact) mass is 152 g/mol. The maximum atomic E-state index is 10.6. The molecule has 0 bridgehead atoms. The molecule has 62 valence electrons. The van der Waals surface area contributed by atoms with Crippen molar-refractivity contribution in [1.82, 2.24) is 0 Å². The lowest BCUT2D eigenvalue weighted by Crippen LogP contribution is -2.12. The molecular formula is C10H16O. The maximum absolute atomic E-state index is 10.6. The SMILES string of the molecule is C=C[C@@](C)(C=O)CC=C(C)C. The third-order valence-electron chi connectivity index (χ3n) is 1.69. The molecular weight excluding hydrogens is 136 g/mol. The van der Waals surface area contributed by atoms with Gasteiger partial charge in [0.1, 0.15) is 6.29 Å². The predicted molar refractivity (Wildman–Crippen MR) is 48.4 cm³/mol. The van der Waals surface area contributed by atoms with Crippen LogP contribution in [0.3, 0.4) is 0 Å². The van der Waals surface area contributed by atoms with Crippen LogP contribution in [0.1, 0.15) is 27.2 Å². The Balaban J connectivity index is 4.20. The Morgan fingerprint density at radius 1 is 1.55 bits per heavy atom. The molecule has 1 atom stereocenters. The summed E-state index contributed by atoms with van der Waals surface area (Å²) in [4.78, 5) is 10.6. The Labute approximate surface area is 68.8 Å². The lowest BCUT2D eigenvalue weighted by atomic mass is 9.88. The topological polar surface area (TPSA) is 17.1 Å². The fraction of sp³-hybridized carbons (Fsp3) is 0.500. The van der Waals surface area contributed by atoms with Gasteiger partial charge in [-0.25, -0.2) is 0 Å². The van der Waals surface area contributed by atoms with Crippen molar-refractivity contribution in [3.63, 3.8) is 0 Å². The van der Waals surface area contributed by atoms with E-state index in [9.17, 15) is 4.79 Å². The van der Waals surface area contributed by atoms with Gasteiger partial charge in [0, 0.05) is 5.41 Å². The molecule has 0 saturated heterocycles. The highest BCUT2D eigenvalue weighted by atomic mass is 16.1. The minimum Gasteiger partial charge on any atom is -0.302 e. The largest absolute Gasteiger partial charge is 0.302 e. The van der Waals surface area contributed by atoms with Gasteiger partial charge in [-0.1, -0.05) is 17.7 Å². The smallest absolute Gasteiger partial charge is 0.129 e. The first-order chi connectivity index (χ1) is 5.04. The molecule has 0 aliphatic heterocycles. The van der Waals surface area contributed by atoms with Crippen LogP contribution < -0.4 is 0 Å². The summed E-state index contributed by atoms with van der Waals surface area (Å²) in [6.07, 6.45) is 5.44. The molecule has 0 aromatic carbocycles. The van der Waals surface area contributed by atoms with Gasteiger partial charge in [0.25, 0.3) is 0 Å². The molecule has 0 saturated carbocycles. The Hall–Kier alpha value is -0.850. The molecule has 0 aromatic rings. The van der Waals surface area contributed by atoms with E-state index in [4.69, 9.17) is 0 Å². The van der Waals surface area contributed by atoms with Gasteiger partial charge in [-0.15, -0.1) is 6.58 Å². The van der Waals surface area contributed by atoms with Gasteiger partial charge in [0.2, 0.25) is 0 Å². The van der Waals surface area contributed by atoms with Crippen LogP contribution in [0.25, 0.3) is 0 Å². The van der Waals surface area contributed by atoms with Crippen molar-refractivity contribution in [1.29, 1.82) is 0 Å². The average molecular weight is 152 g/mol. The van der Waals surface area contributed by atoms with E-state index in [0.29, 0.717) is 0 Å². The zero-order chi connectivity index (χ0) is 8.91. The zero-order valence-electron chi connectivity index (χ0n) is 7.55. The van der Waals surface area contributed by atoms with Crippen molar-refractivity contribution in [3.05, 3.63) is 24.3 Å². The van der Waals surface area contributed by atoms with E-state index in [1.165, 1.54) is 5.57 Å². The number of hydrogen-bond donors (Lipinski definition) is 0. The molecule has 0 amide bonds. The van der Waals surface area contributed by atoms with Gasteiger partial charge in [0.15, 0.2) is 0 Å². The van der Waals surface area contributed by atoms with Gasteiger partial charge in [0.05, 0.1) is 0 Å². The van der Waals surface area contributed by atoms with E-state index in [1.807, 2.05) is 20.8 Å². The van der Waals surface area contributed by atoms with Crippen LogP contribution in [0.2, 0.25) is 0 Å². The number of allylic oxidation sites excluding steroid dienone is 3. The van der Waals surface area contributed by atoms with E-state index in [-0.39, 0.29) is 5.41 Å². The average Bonchev–Trinajstić information content (AvgIpc) is 2.00. The summed E-state index contributed by atoms with van der Waals surface area (Å²) in [5.74, 6) is 0. The fourth-order valence-corrected chi connectivity index (χ4v) is 0.604. The molecule has 0 rings (SSSR count). The Bertz CT molecular complexity index is 165. The first kappa shape index (κ1) is 10.2. The van der Waals surface area contributed by atoms with E-state index >= 15 is 0 Å². The second-order valence-electron chi connectivity index (χ2n) is 3.31. The van der Waals surface area contributed by atoms with Gasteiger partial charge in [-0.3, -0.25) is 0 Å². The quantitative estimate of drug-likeness (QED) is 0.447. The third-order valence-corrected chi connectivity index (χ3v) is 1.69. The summed E-state index contributed by atoms with van der Waals surface area (Å²) >= 11 is 0. The highest BCUT2D eigenvalue weighted by Crippen LogP contribution is 2.20. The highest BCUT2D eigenvalue weighted by molar-refractivity contribution is 5.62. The normalized spacial score (nSPS) is 14.8. The lowest BCUT2D eigenvalue weighted by Gasteiger charge is -2.14. The highest BCUT2D eigenvalue weighted by Gasteiger charge is 2.16. The van der Waals surface area contributed by atoms with Crippen molar-refractivity contribution >= 4 is 6.29 Å². The Morgan fingerprint density at radius 2 is 2.09 bits per heavy atom. The van der Waals surface area contributed by atoms with Crippen LogP contribution in [0.15, 0.2) is 24.3 Å². The molecule has 1 nitrogen and oxygen atoms in total. The zero-order valence-corrected chi connectivity index (χ0v) is 7.55. The first-order valence-electron chi connectivity index (χ1n) is 3.77. The minimum absolute atomic E-state index is 0.378. The molecule has 0 aliphatic carbocycles. The lowest BCUT2D eigenvalue weighted by molar-refractivity contribution is -0.113. The Morgan fingerprint density at radius 3 is 2.36 bits per heavy atom. The van der Waals surface area contributed by atoms with Gasteiger partial charge in [-0.2, -0.15) is 0 Å². The van der Waals surface area contributed by atoms with Crippen LogP contribution in [0.5, 0.6) is 0 Å². The molecule has 0 unspecified atom stereocenters. The minimum atomic E-state index is -0.378. The second kappa shape index (κ2) is 4.12. The van der Waals surface area contributed by atoms with Crippen LogP contribution in [-0.2, 0) is 4.79 Å². The Kier molecular flexibility index (Phi) is 3.80. The van der Waals surface area contributed by atoms with Crippen LogP contribution >= 0.6 is 0 Å². The number of aldehydes is 1. The molecule has 0 radical (unpaired) electrons. The molecule has 0 aliphatic rings. The summed E-state index contributed by atoms with van der Waals surface area (Å²) in [7, 11) is 0.